The molecule has 2 aromatic carbocycles. The van der Waals surface area contributed by atoms with Crippen LogP contribution in [0.1, 0.15) is 31.7 Å². The summed E-state index contributed by atoms with van der Waals surface area (Å²) in [4.78, 5) is 11.7. The van der Waals surface area contributed by atoms with Crippen molar-refractivity contribution in [3.05, 3.63) is 60.9 Å². The average Bonchev–Trinajstić information content (AvgIpc) is 3.65. The van der Waals surface area contributed by atoms with Crippen molar-refractivity contribution in [2.45, 2.75) is 37.8 Å². The van der Waals surface area contributed by atoms with Crippen molar-refractivity contribution < 1.29 is 4.74 Å². The standard InChI is InChI=1S/C29H33N7O/c30-28-26-27(19-6-12-25(13-7-19)37-24-4-2-1-3-5-24)34-36(29(26)33-18-32-28)23-10-8-22(9-11-23)35-16-20-14-31-15-21(20)17-35/h1-7,12-13,18,20-23,31H,8-11,14-17H2,(H2,30,32,33). The molecule has 2 saturated heterocycles. The Labute approximate surface area is 216 Å². The van der Waals surface area contributed by atoms with Gasteiger partial charge in [0, 0.05) is 24.7 Å². The average molecular weight is 496 g/mol. The van der Waals surface area contributed by atoms with Gasteiger partial charge in [0.15, 0.2) is 5.65 Å². The number of aromatic nitrogens is 4. The topological polar surface area (TPSA) is 94.1 Å². The number of anilines is 1. The van der Waals surface area contributed by atoms with E-state index in [0.29, 0.717) is 17.9 Å². The summed E-state index contributed by atoms with van der Waals surface area (Å²) in [5.41, 5.74) is 9.03. The molecule has 0 bridgehead atoms. The lowest BCUT2D eigenvalue weighted by molar-refractivity contribution is 0.154. The minimum absolute atomic E-state index is 0.325. The molecule has 3 aliphatic rings. The molecule has 3 fully saturated rings. The van der Waals surface area contributed by atoms with E-state index in [4.69, 9.17) is 15.6 Å². The van der Waals surface area contributed by atoms with E-state index in [1.54, 1.807) is 6.33 Å². The van der Waals surface area contributed by atoms with Gasteiger partial charge in [-0.2, -0.15) is 5.10 Å². The second-order valence-electron chi connectivity index (χ2n) is 10.8. The van der Waals surface area contributed by atoms with Crippen molar-refractivity contribution in [1.29, 1.82) is 0 Å². The SMILES string of the molecule is Nc1ncnc2c1c(-c1ccc(Oc3ccccc3)cc1)nn2C1CCC(N2CC3CNCC3C2)CC1. The summed E-state index contributed by atoms with van der Waals surface area (Å²) in [6.45, 7) is 4.91. The lowest BCUT2D eigenvalue weighted by atomic mass is 9.90. The van der Waals surface area contributed by atoms with Crippen LogP contribution in [0, 0.1) is 11.8 Å². The van der Waals surface area contributed by atoms with E-state index in [9.17, 15) is 0 Å². The molecule has 3 N–H and O–H groups in total. The third-order valence-corrected chi connectivity index (χ3v) is 8.57. The van der Waals surface area contributed by atoms with Gasteiger partial charge in [-0.15, -0.1) is 0 Å². The van der Waals surface area contributed by atoms with Gasteiger partial charge in [-0.1, -0.05) is 18.2 Å². The van der Waals surface area contributed by atoms with E-state index in [1.807, 2.05) is 54.6 Å². The quantitative estimate of drug-likeness (QED) is 0.421. The first-order valence-electron chi connectivity index (χ1n) is 13.5. The maximum absolute atomic E-state index is 6.38. The molecule has 2 atom stereocenters. The van der Waals surface area contributed by atoms with Gasteiger partial charge in [-0.05, 0) is 87.0 Å². The molecule has 0 amide bonds. The summed E-state index contributed by atoms with van der Waals surface area (Å²) in [5, 5.41) is 9.49. The summed E-state index contributed by atoms with van der Waals surface area (Å²) < 4.78 is 8.10. The van der Waals surface area contributed by atoms with Crippen LogP contribution in [0.15, 0.2) is 60.9 Å². The third-order valence-electron chi connectivity index (χ3n) is 8.57. The first-order chi connectivity index (χ1) is 18.2. The van der Waals surface area contributed by atoms with E-state index < -0.39 is 0 Å². The van der Waals surface area contributed by atoms with Crippen molar-refractivity contribution in [2.24, 2.45) is 11.8 Å². The highest BCUT2D eigenvalue weighted by molar-refractivity contribution is 5.98. The number of nitrogens with one attached hydrogen (secondary N) is 1. The highest BCUT2D eigenvalue weighted by atomic mass is 16.5. The van der Waals surface area contributed by atoms with Gasteiger partial charge in [0.05, 0.1) is 11.4 Å². The number of hydrogen-bond donors (Lipinski definition) is 2. The predicted octanol–water partition coefficient (Wildman–Crippen LogP) is 4.50. The van der Waals surface area contributed by atoms with Crippen LogP contribution in [-0.4, -0.2) is 56.9 Å². The van der Waals surface area contributed by atoms with Crippen molar-refractivity contribution in [2.75, 3.05) is 31.9 Å². The predicted molar refractivity (Wildman–Crippen MR) is 144 cm³/mol. The van der Waals surface area contributed by atoms with Gasteiger partial charge in [-0.25, -0.2) is 14.6 Å². The lowest BCUT2D eigenvalue weighted by Crippen LogP contribution is -2.38. The van der Waals surface area contributed by atoms with Crippen LogP contribution >= 0.6 is 0 Å². The third kappa shape index (κ3) is 4.24. The number of nitrogens with two attached hydrogens (primary N) is 1. The number of nitrogens with zero attached hydrogens (tertiary/aromatic N) is 5. The van der Waals surface area contributed by atoms with E-state index in [0.717, 1.165) is 58.5 Å². The number of rotatable bonds is 5. The number of nitrogen functional groups attached to an aromatic ring is 1. The molecule has 4 aromatic rings. The van der Waals surface area contributed by atoms with Gasteiger partial charge in [0.1, 0.15) is 29.3 Å². The zero-order valence-electron chi connectivity index (χ0n) is 21.0. The van der Waals surface area contributed by atoms with E-state index in [1.165, 1.54) is 39.0 Å². The Morgan fingerprint density at radius 1 is 0.811 bits per heavy atom. The van der Waals surface area contributed by atoms with Crippen LogP contribution in [0.2, 0.25) is 0 Å². The zero-order chi connectivity index (χ0) is 24.8. The highest BCUT2D eigenvalue weighted by Gasteiger charge is 2.40. The summed E-state index contributed by atoms with van der Waals surface area (Å²) in [6, 6.07) is 18.8. The molecular formula is C29H33N7O. The minimum atomic E-state index is 0.325. The smallest absolute Gasteiger partial charge is 0.164 e. The van der Waals surface area contributed by atoms with Gasteiger partial charge in [0.25, 0.3) is 0 Å². The van der Waals surface area contributed by atoms with Crippen LogP contribution in [0.4, 0.5) is 5.82 Å². The molecule has 1 aliphatic carbocycles. The fraction of sp³-hybridized carbons (Fsp3) is 0.414. The van der Waals surface area contributed by atoms with Crippen molar-refractivity contribution in [1.82, 2.24) is 30.0 Å². The van der Waals surface area contributed by atoms with Gasteiger partial charge in [-0.3, -0.25) is 4.90 Å². The zero-order valence-corrected chi connectivity index (χ0v) is 21.0. The van der Waals surface area contributed by atoms with Crippen LogP contribution in [0.5, 0.6) is 11.5 Å². The molecule has 37 heavy (non-hydrogen) atoms. The molecule has 4 heterocycles. The number of likely N-dealkylation sites (tertiary alicyclic amines) is 1. The first-order valence-corrected chi connectivity index (χ1v) is 13.5. The molecule has 0 spiro atoms. The van der Waals surface area contributed by atoms with Crippen LogP contribution in [0.25, 0.3) is 22.3 Å². The van der Waals surface area contributed by atoms with E-state index >= 15 is 0 Å². The van der Waals surface area contributed by atoms with Crippen molar-refractivity contribution >= 4 is 16.9 Å². The Kier molecular flexibility index (Phi) is 5.78. The van der Waals surface area contributed by atoms with Crippen molar-refractivity contribution in [3.8, 4) is 22.8 Å². The molecule has 0 radical (unpaired) electrons. The van der Waals surface area contributed by atoms with Crippen LogP contribution in [0.3, 0.4) is 0 Å². The lowest BCUT2D eigenvalue weighted by Gasteiger charge is -2.35. The summed E-state index contributed by atoms with van der Waals surface area (Å²) in [6.07, 6.45) is 6.19. The summed E-state index contributed by atoms with van der Waals surface area (Å²) >= 11 is 0. The maximum atomic E-state index is 6.38. The molecule has 190 valence electrons. The molecule has 2 aromatic heterocycles. The molecule has 1 saturated carbocycles. The Morgan fingerprint density at radius 3 is 2.22 bits per heavy atom. The van der Waals surface area contributed by atoms with E-state index in [-0.39, 0.29) is 0 Å². The Balaban J connectivity index is 1.12. The molecule has 8 heteroatoms. The van der Waals surface area contributed by atoms with Crippen LogP contribution in [-0.2, 0) is 0 Å². The fourth-order valence-electron chi connectivity index (χ4n) is 6.62. The Hall–Kier alpha value is -3.49. The number of hydrogen-bond acceptors (Lipinski definition) is 7. The largest absolute Gasteiger partial charge is 0.457 e. The number of fused-ring (bicyclic) bond motifs is 2. The van der Waals surface area contributed by atoms with E-state index in [2.05, 4.69) is 24.9 Å². The second kappa shape index (κ2) is 9.43. The fourth-order valence-corrected chi connectivity index (χ4v) is 6.62. The Morgan fingerprint density at radius 2 is 1.49 bits per heavy atom. The Bertz CT molecular complexity index is 1370. The monoisotopic (exact) mass is 495 g/mol. The molecule has 7 rings (SSSR count). The summed E-state index contributed by atoms with van der Waals surface area (Å²) in [7, 11) is 0. The number of ether oxygens (including phenoxy) is 1. The molecule has 8 nitrogen and oxygen atoms in total. The summed E-state index contributed by atoms with van der Waals surface area (Å²) in [5.74, 6) is 3.76. The van der Waals surface area contributed by atoms with Gasteiger partial charge < -0.3 is 15.8 Å². The first kappa shape index (κ1) is 22.7. The minimum Gasteiger partial charge on any atom is -0.457 e. The number of para-hydroxylation sites is 1. The number of benzene rings is 2. The second-order valence-corrected chi connectivity index (χ2v) is 10.8. The molecular weight excluding hydrogens is 462 g/mol. The normalized spacial score (nSPS) is 25.9. The molecule has 2 aliphatic heterocycles. The van der Waals surface area contributed by atoms with Crippen LogP contribution < -0.4 is 15.8 Å². The van der Waals surface area contributed by atoms with Gasteiger partial charge >= 0.3 is 0 Å². The van der Waals surface area contributed by atoms with Gasteiger partial charge in [0.2, 0.25) is 0 Å². The molecule has 2 unspecified atom stereocenters. The van der Waals surface area contributed by atoms with Crippen molar-refractivity contribution in [3.63, 3.8) is 0 Å². The highest BCUT2D eigenvalue weighted by Crippen LogP contribution is 2.39. The maximum Gasteiger partial charge on any atom is 0.164 e.